The third-order valence-corrected chi connectivity index (χ3v) is 8.49. The van der Waals surface area contributed by atoms with Crippen LogP contribution >= 0.6 is 0 Å². The van der Waals surface area contributed by atoms with Crippen molar-refractivity contribution in [3.63, 3.8) is 0 Å². The largest absolute Gasteiger partial charge is 0.354 e. The standard InChI is InChI=1S/C24H30N6O2S/c1-18-17-22(28-24(26-18)27-20-9-3-2-4-10-20)29-13-15-30(16-14-29)33(31,32)21-11-5-7-19-8-6-12-25-23(19)21/h5-8,11-12,17,20H,2-4,9-10,13-16H2,1H3,(H,26,27,28). The van der Waals surface area contributed by atoms with Gasteiger partial charge in [0.05, 0.1) is 5.52 Å². The van der Waals surface area contributed by atoms with Crippen LogP contribution < -0.4 is 10.2 Å². The molecule has 2 aromatic heterocycles. The fraction of sp³-hybridized carbons (Fsp3) is 0.458. The summed E-state index contributed by atoms with van der Waals surface area (Å²) in [6.07, 6.45) is 7.76. The lowest BCUT2D eigenvalue weighted by Crippen LogP contribution is -2.49. The van der Waals surface area contributed by atoms with Gasteiger partial charge in [-0.1, -0.05) is 37.5 Å². The molecule has 1 aliphatic heterocycles. The van der Waals surface area contributed by atoms with E-state index in [4.69, 9.17) is 4.98 Å². The molecule has 33 heavy (non-hydrogen) atoms. The maximum Gasteiger partial charge on any atom is 0.245 e. The Labute approximate surface area is 195 Å². The molecule has 0 radical (unpaired) electrons. The number of fused-ring (bicyclic) bond motifs is 1. The second-order valence-corrected chi connectivity index (χ2v) is 10.8. The number of rotatable bonds is 5. The van der Waals surface area contributed by atoms with Gasteiger partial charge in [-0.25, -0.2) is 13.4 Å². The highest BCUT2D eigenvalue weighted by atomic mass is 32.2. The van der Waals surface area contributed by atoms with Gasteiger partial charge in [-0.05, 0) is 31.9 Å². The van der Waals surface area contributed by atoms with Gasteiger partial charge in [0.25, 0.3) is 0 Å². The van der Waals surface area contributed by atoms with Crippen LogP contribution in [-0.4, -0.2) is 59.9 Å². The molecule has 1 saturated carbocycles. The van der Waals surface area contributed by atoms with Gasteiger partial charge in [-0.2, -0.15) is 9.29 Å². The molecule has 3 heterocycles. The number of nitrogens with one attached hydrogen (secondary N) is 1. The lowest BCUT2D eigenvalue weighted by atomic mass is 9.96. The predicted molar refractivity (Wildman–Crippen MR) is 130 cm³/mol. The molecule has 174 valence electrons. The number of para-hydroxylation sites is 1. The molecule has 1 aliphatic carbocycles. The molecule has 0 amide bonds. The summed E-state index contributed by atoms with van der Waals surface area (Å²) in [6.45, 7) is 3.94. The molecule has 0 unspecified atom stereocenters. The first-order chi connectivity index (χ1) is 16.0. The molecule has 1 N–H and O–H groups in total. The van der Waals surface area contributed by atoms with Crippen LogP contribution in [0.1, 0.15) is 37.8 Å². The van der Waals surface area contributed by atoms with Crippen LogP contribution in [0.15, 0.2) is 47.5 Å². The van der Waals surface area contributed by atoms with E-state index in [1.165, 1.54) is 19.3 Å². The molecular formula is C24H30N6O2S. The molecule has 0 spiro atoms. The van der Waals surface area contributed by atoms with Crippen molar-refractivity contribution in [3.8, 4) is 0 Å². The SMILES string of the molecule is Cc1cc(N2CCN(S(=O)(=O)c3cccc4cccnc34)CC2)nc(NC2CCCCC2)n1. The van der Waals surface area contributed by atoms with Crippen molar-refractivity contribution in [2.45, 2.75) is 50.0 Å². The van der Waals surface area contributed by atoms with E-state index in [1.807, 2.05) is 31.2 Å². The van der Waals surface area contributed by atoms with E-state index >= 15 is 0 Å². The van der Waals surface area contributed by atoms with Crippen LogP contribution in [0.25, 0.3) is 10.9 Å². The first kappa shape index (κ1) is 22.0. The molecule has 3 aromatic rings. The van der Waals surface area contributed by atoms with E-state index in [-0.39, 0.29) is 4.90 Å². The molecule has 0 bridgehead atoms. The summed E-state index contributed by atoms with van der Waals surface area (Å²) in [5.74, 6) is 1.53. The number of aryl methyl sites for hydroxylation is 1. The van der Waals surface area contributed by atoms with Crippen molar-refractivity contribution < 1.29 is 8.42 Å². The molecule has 1 saturated heterocycles. The van der Waals surface area contributed by atoms with Crippen LogP contribution in [0.5, 0.6) is 0 Å². The van der Waals surface area contributed by atoms with Gasteiger partial charge in [0.15, 0.2) is 0 Å². The lowest BCUT2D eigenvalue weighted by molar-refractivity contribution is 0.384. The highest BCUT2D eigenvalue weighted by molar-refractivity contribution is 7.89. The molecule has 5 rings (SSSR count). The quantitative estimate of drug-likeness (QED) is 0.614. The Morgan fingerprint density at radius 1 is 0.970 bits per heavy atom. The number of nitrogens with zero attached hydrogens (tertiary/aromatic N) is 5. The Kier molecular flexibility index (Phi) is 6.16. The van der Waals surface area contributed by atoms with E-state index in [0.717, 1.165) is 29.7 Å². The summed E-state index contributed by atoms with van der Waals surface area (Å²) in [7, 11) is -3.63. The van der Waals surface area contributed by atoms with Crippen LogP contribution in [0.4, 0.5) is 11.8 Å². The highest BCUT2D eigenvalue weighted by Crippen LogP contribution is 2.26. The molecular weight excluding hydrogens is 436 g/mol. The van der Waals surface area contributed by atoms with Crippen molar-refractivity contribution in [1.82, 2.24) is 19.3 Å². The van der Waals surface area contributed by atoms with Crippen molar-refractivity contribution in [2.75, 3.05) is 36.4 Å². The minimum atomic E-state index is -3.63. The molecule has 8 nitrogen and oxygen atoms in total. The number of sulfonamides is 1. The summed E-state index contributed by atoms with van der Waals surface area (Å²) >= 11 is 0. The van der Waals surface area contributed by atoms with Gasteiger partial charge in [0, 0.05) is 55.6 Å². The Bertz CT molecular complexity index is 1230. The topological polar surface area (TPSA) is 91.3 Å². The fourth-order valence-electron chi connectivity index (χ4n) is 4.79. The Hall–Kier alpha value is -2.78. The number of hydrogen-bond donors (Lipinski definition) is 1. The van der Waals surface area contributed by atoms with Crippen molar-refractivity contribution in [1.29, 1.82) is 0 Å². The summed E-state index contributed by atoms with van der Waals surface area (Å²) in [5.41, 5.74) is 1.43. The molecule has 9 heteroatoms. The summed E-state index contributed by atoms with van der Waals surface area (Å²) in [5, 5.41) is 4.34. The fourth-order valence-corrected chi connectivity index (χ4v) is 6.38. The van der Waals surface area contributed by atoms with Gasteiger partial charge in [-0.3, -0.25) is 4.98 Å². The second kappa shape index (κ2) is 9.23. The predicted octanol–water partition coefficient (Wildman–Crippen LogP) is 3.59. The van der Waals surface area contributed by atoms with E-state index < -0.39 is 10.0 Å². The third kappa shape index (κ3) is 4.65. The van der Waals surface area contributed by atoms with Gasteiger partial charge in [0.2, 0.25) is 16.0 Å². The number of aromatic nitrogens is 3. The molecule has 2 aliphatic rings. The molecule has 1 aromatic carbocycles. The average molecular weight is 467 g/mol. The van der Waals surface area contributed by atoms with Gasteiger partial charge in [0.1, 0.15) is 10.7 Å². The van der Waals surface area contributed by atoms with E-state index in [0.29, 0.717) is 43.7 Å². The smallest absolute Gasteiger partial charge is 0.245 e. The van der Waals surface area contributed by atoms with E-state index in [2.05, 4.69) is 20.2 Å². The van der Waals surface area contributed by atoms with Crippen molar-refractivity contribution >= 4 is 32.7 Å². The maximum atomic E-state index is 13.4. The summed E-state index contributed by atoms with van der Waals surface area (Å²) in [4.78, 5) is 16.1. The van der Waals surface area contributed by atoms with Crippen molar-refractivity contribution in [3.05, 3.63) is 48.3 Å². The molecule has 0 atom stereocenters. The van der Waals surface area contributed by atoms with E-state index in [9.17, 15) is 8.42 Å². The van der Waals surface area contributed by atoms with Gasteiger partial charge < -0.3 is 10.2 Å². The Morgan fingerprint density at radius 3 is 2.52 bits per heavy atom. The zero-order valence-corrected chi connectivity index (χ0v) is 19.8. The first-order valence-corrected chi connectivity index (χ1v) is 13.2. The third-order valence-electron chi connectivity index (χ3n) is 6.56. The van der Waals surface area contributed by atoms with Crippen LogP contribution in [0.2, 0.25) is 0 Å². The number of benzene rings is 1. The minimum Gasteiger partial charge on any atom is -0.354 e. The second-order valence-electron chi connectivity index (χ2n) is 8.89. The number of pyridine rings is 1. The normalized spacial score (nSPS) is 18.5. The molecule has 2 fully saturated rings. The van der Waals surface area contributed by atoms with Gasteiger partial charge in [-0.15, -0.1) is 0 Å². The number of hydrogen-bond acceptors (Lipinski definition) is 7. The van der Waals surface area contributed by atoms with Crippen LogP contribution in [-0.2, 0) is 10.0 Å². The Balaban J connectivity index is 1.31. The minimum absolute atomic E-state index is 0.269. The average Bonchev–Trinajstić information content (AvgIpc) is 2.84. The van der Waals surface area contributed by atoms with Crippen molar-refractivity contribution in [2.24, 2.45) is 0 Å². The first-order valence-electron chi connectivity index (χ1n) is 11.7. The van der Waals surface area contributed by atoms with Crippen LogP contribution in [0.3, 0.4) is 0 Å². The lowest BCUT2D eigenvalue weighted by Gasteiger charge is -2.35. The highest BCUT2D eigenvalue weighted by Gasteiger charge is 2.30. The van der Waals surface area contributed by atoms with E-state index in [1.54, 1.807) is 22.6 Å². The number of anilines is 2. The Morgan fingerprint density at radius 2 is 1.73 bits per heavy atom. The maximum absolute atomic E-state index is 13.4. The zero-order chi connectivity index (χ0) is 22.8. The summed E-state index contributed by atoms with van der Waals surface area (Å²) in [6, 6.07) is 11.4. The van der Waals surface area contributed by atoms with Gasteiger partial charge >= 0.3 is 0 Å². The zero-order valence-electron chi connectivity index (χ0n) is 18.9. The summed E-state index contributed by atoms with van der Waals surface area (Å²) < 4.78 is 28.4. The number of piperazine rings is 1. The monoisotopic (exact) mass is 466 g/mol. The van der Waals surface area contributed by atoms with Crippen LogP contribution in [0, 0.1) is 6.92 Å².